The quantitative estimate of drug-likeness (QED) is 0.679. The van der Waals surface area contributed by atoms with E-state index in [4.69, 9.17) is 4.74 Å². The summed E-state index contributed by atoms with van der Waals surface area (Å²) >= 11 is 0. The normalized spacial score (nSPS) is 12.8. The van der Waals surface area contributed by atoms with Gasteiger partial charge in [0.2, 0.25) is 0 Å². The third-order valence-corrected chi connectivity index (χ3v) is 4.69. The van der Waals surface area contributed by atoms with Crippen molar-refractivity contribution in [3.8, 4) is 5.69 Å². The van der Waals surface area contributed by atoms with Crippen molar-refractivity contribution < 1.29 is 9.53 Å². The van der Waals surface area contributed by atoms with E-state index in [1.54, 1.807) is 19.3 Å². The second kappa shape index (κ2) is 6.63. The molecule has 0 unspecified atom stereocenters. The molecule has 0 saturated carbocycles. The number of carbonyl (C=O) groups excluding carboxylic acids is 1. The van der Waals surface area contributed by atoms with E-state index in [0.29, 0.717) is 0 Å². The van der Waals surface area contributed by atoms with Gasteiger partial charge < -0.3 is 9.30 Å². The molecule has 1 aliphatic rings. The van der Waals surface area contributed by atoms with E-state index in [1.807, 2.05) is 35.0 Å². The minimum atomic E-state index is -0.510. The molecular formula is C20H19N3O3. The Morgan fingerprint density at radius 1 is 1.19 bits per heavy atom. The van der Waals surface area contributed by atoms with Crippen LogP contribution in [0.1, 0.15) is 33.7 Å². The zero-order valence-electron chi connectivity index (χ0n) is 14.5. The number of aromatic nitrogens is 3. The number of aryl methyl sites for hydroxylation is 1. The summed E-state index contributed by atoms with van der Waals surface area (Å²) in [6.45, 7) is 0.107. The van der Waals surface area contributed by atoms with E-state index in [-0.39, 0.29) is 17.7 Å². The summed E-state index contributed by atoms with van der Waals surface area (Å²) in [6.07, 6.45) is 4.55. The summed E-state index contributed by atoms with van der Waals surface area (Å²) in [5.74, 6) is -0.510. The monoisotopic (exact) mass is 349 g/mol. The molecule has 0 atom stereocenters. The molecule has 1 aliphatic carbocycles. The number of benzene rings is 1. The van der Waals surface area contributed by atoms with Crippen molar-refractivity contribution in [1.29, 1.82) is 0 Å². The van der Waals surface area contributed by atoms with Gasteiger partial charge in [0.15, 0.2) is 0 Å². The molecule has 4 rings (SSSR count). The first-order chi connectivity index (χ1) is 12.6. The van der Waals surface area contributed by atoms with E-state index >= 15 is 0 Å². The lowest BCUT2D eigenvalue weighted by Crippen LogP contribution is -2.18. The average Bonchev–Trinajstić information content (AvgIpc) is 3.26. The molecule has 26 heavy (non-hydrogen) atoms. The smallest absolute Gasteiger partial charge is 0.338 e. The number of pyridine rings is 1. The van der Waals surface area contributed by atoms with Gasteiger partial charge in [-0.2, -0.15) is 5.10 Å². The van der Waals surface area contributed by atoms with Crippen LogP contribution in [0.2, 0.25) is 0 Å². The topological polar surface area (TPSA) is 66.1 Å². The fourth-order valence-corrected chi connectivity index (χ4v) is 3.31. The first kappa shape index (κ1) is 16.3. The van der Waals surface area contributed by atoms with E-state index in [0.717, 1.165) is 30.6 Å². The van der Waals surface area contributed by atoms with Gasteiger partial charge in [-0.1, -0.05) is 18.2 Å². The maximum Gasteiger partial charge on any atom is 0.338 e. The zero-order valence-corrected chi connectivity index (χ0v) is 14.5. The van der Waals surface area contributed by atoms with E-state index in [9.17, 15) is 9.59 Å². The third-order valence-electron chi connectivity index (χ3n) is 4.69. The van der Waals surface area contributed by atoms with Gasteiger partial charge >= 0.3 is 5.97 Å². The van der Waals surface area contributed by atoms with Crippen LogP contribution in [0.4, 0.5) is 0 Å². The molecular weight excluding hydrogens is 330 g/mol. The lowest BCUT2D eigenvalue weighted by Gasteiger charge is -2.05. The molecule has 0 saturated heterocycles. The van der Waals surface area contributed by atoms with Gasteiger partial charge in [-0.25, -0.2) is 9.48 Å². The number of hydrogen-bond donors (Lipinski definition) is 0. The fraction of sp³-hybridized carbons (Fsp3) is 0.250. The summed E-state index contributed by atoms with van der Waals surface area (Å²) < 4.78 is 8.78. The van der Waals surface area contributed by atoms with Gasteiger partial charge in [0.25, 0.3) is 5.56 Å². The second-order valence-electron chi connectivity index (χ2n) is 6.41. The predicted molar refractivity (Wildman–Crippen MR) is 96.4 cm³/mol. The van der Waals surface area contributed by atoms with Gasteiger partial charge in [0.1, 0.15) is 12.3 Å². The number of nitrogens with zero attached hydrogens (tertiary/aromatic N) is 3. The molecule has 0 aliphatic heterocycles. The number of hydrogen-bond acceptors (Lipinski definition) is 4. The summed E-state index contributed by atoms with van der Waals surface area (Å²) in [6, 6.07) is 12.8. The Morgan fingerprint density at radius 3 is 2.77 bits per heavy atom. The number of esters is 1. The number of fused-ring (bicyclic) bond motifs is 1. The zero-order chi connectivity index (χ0) is 18.1. The molecule has 0 N–H and O–H groups in total. The summed E-state index contributed by atoms with van der Waals surface area (Å²) in [7, 11) is 1.64. The van der Waals surface area contributed by atoms with Crippen molar-refractivity contribution in [2.75, 3.05) is 0 Å². The Morgan fingerprint density at radius 2 is 2.00 bits per heavy atom. The van der Waals surface area contributed by atoms with Crippen LogP contribution >= 0.6 is 0 Å². The van der Waals surface area contributed by atoms with Crippen LogP contribution in [0.15, 0.2) is 53.5 Å². The Kier molecular flexibility index (Phi) is 4.16. The highest BCUT2D eigenvalue weighted by Gasteiger charge is 2.24. The molecule has 6 nitrogen and oxygen atoms in total. The average molecular weight is 349 g/mol. The van der Waals surface area contributed by atoms with E-state index in [2.05, 4.69) is 5.10 Å². The Labute approximate surface area is 150 Å². The standard InChI is InChI=1S/C20H19N3O3/c1-22-11-10-14(12-19(22)24)20(25)26-13-17-16-8-5-9-18(16)23(21-17)15-6-3-2-4-7-15/h2-4,6-7,10-12H,5,8-9,13H2,1H3. The maximum atomic E-state index is 12.3. The Bertz CT molecular complexity index is 1020. The van der Waals surface area contributed by atoms with Crippen LogP contribution in [-0.2, 0) is 31.2 Å². The molecule has 6 heteroatoms. The molecule has 3 aromatic rings. The van der Waals surface area contributed by atoms with Crippen molar-refractivity contribution in [1.82, 2.24) is 14.3 Å². The van der Waals surface area contributed by atoms with Crippen molar-refractivity contribution >= 4 is 5.97 Å². The van der Waals surface area contributed by atoms with Crippen molar-refractivity contribution in [2.24, 2.45) is 7.05 Å². The lowest BCUT2D eigenvalue weighted by atomic mass is 10.2. The van der Waals surface area contributed by atoms with Crippen LogP contribution in [-0.4, -0.2) is 20.3 Å². The number of carbonyl (C=O) groups is 1. The Hall–Kier alpha value is -3.15. The van der Waals surface area contributed by atoms with Crippen LogP contribution in [0.3, 0.4) is 0 Å². The van der Waals surface area contributed by atoms with Gasteiger partial charge in [-0.05, 0) is 37.5 Å². The van der Waals surface area contributed by atoms with Crippen LogP contribution in [0.25, 0.3) is 5.69 Å². The Balaban J connectivity index is 1.56. The first-order valence-corrected chi connectivity index (χ1v) is 8.62. The largest absolute Gasteiger partial charge is 0.455 e. The molecule has 0 amide bonds. The highest BCUT2D eigenvalue weighted by atomic mass is 16.5. The minimum Gasteiger partial charge on any atom is -0.455 e. The van der Waals surface area contributed by atoms with Crippen LogP contribution < -0.4 is 5.56 Å². The third kappa shape index (κ3) is 2.94. The van der Waals surface area contributed by atoms with Crippen molar-refractivity contribution in [2.45, 2.75) is 25.9 Å². The maximum absolute atomic E-state index is 12.3. The van der Waals surface area contributed by atoms with Gasteiger partial charge in [0, 0.05) is 30.6 Å². The molecule has 0 radical (unpaired) electrons. The van der Waals surface area contributed by atoms with Gasteiger partial charge in [0.05, 0.1) is 11.3 Å². The summed E-state index contributed by atoms with van der Waals surface area (Å²) in [5, 5.41) is 4.67. The molecule has 0 spiro atoms. The highest BCUT2D eigenvalue weighted by molar-refractivity contribution is 5.89. The molecule has 132 valence electrons. The molecule has 0 fully saturated rings. The van der Waals surface area contributed by atoms with Crippen molar-refractivity contribution in [3.05, 3.63) is 81.5 Å². The summed E-state index contributed by atoms with van der Waals surface area (Å²) in [5.41, 5.74) is 4.18. The number of rotatable bonds is 4. The molecule has 1 aromatic carbocycles. The molecule has 2 heterocycles. The lowest BCUT2D eigenvalue weighted by molar-refractivity contribution is 0.0466. The van der Waals surface area contributed by atoms with E-state index in [1.165, 1.54) is 21.9 Å². The molecule has 2 aromatic heterocycles. The minimum absolute atomic E-state index is 0.107. The first-order valence-electron chi connectivity index (χ1n) is 8.62. The highest BCUT2D eigenvalue weighted by Crippen LogP contribution is 2.28. The van der Waals surface area contributed by atoms with Crippen LogP contribution in [0, 0.1) is 0 Å². The molecule has 0 bridgehead atoms. The fourth-order valence-electron chi connectivity index (χ4n) is 3.31. The van der Waals surface area contributed by atoms with Crippen LogP contribution in [0.5, 0.6) is 0 Å². The van der Waals surface area contributed by atoms with Crippen molar-refractivity contribution in [3.63, 3.8) is 0 Å². The van der Waals surface area contributed by atoms with Gasteiger partial charge in [-0.15, -0.1) is 0 Å². The number of para-hydroxylation sites is 1. The van der Waals surface area contributed by atoms with Gasteiger partial charge in [-0.3, -0.25) is 4.79 Å². The SMILES string of the molecule is Cn1ccc(C(=O)OCc2nn(-c3ccccc3)c3c2CCC3)cc1=O. The predicted octanol–water partition coefficient (Wildman–Crippen LogP) is 2.42. The second-order valence-corrected chi connectivity index (χ2v) is 6.41. The van der Waals surface area contributed by atoms with E-state index < -0.39 is 5.97 Å². The number of ether oxygens (including phenoxy) is 1. The summed E-state index contributed by atoms with van der Waals surface area (Å²) in [4.78, 5) is 23.9.